The normalized spacial score (nSPS) is 10.9. The zero-order chi connectivity index (χ0) is 18.8. The minimum atomic E-state index is 0.377. The summed E-state index contributed by atoms with van der Waals surface area (Å²) in [5.74, 6) is 2.18. The number of pyridine rings is 1. The van der Waals surface area contributed by atoms with E-state index in [-0.39, 0.29) is 0 Å². The zero-order valence-corrected chi connectivity index (χ0v) is 16.3. The van der Waals surface area contributed by atoms with Crippen molar-refractivity contribution in [3.05, 3.63) is 71.0 Å². The summed E-state index contributed by atoms with van der Waals surface area (Å²) in [5.41, 5.74) is 9.26. The molecule has 7 heteroatoms. The number of hydrogen-bond donors (Lipinski definition) is 2. The minimum Gasteiger partial charge on any atom is -0.457 e. The van der Waals surface area contributed by atoms with E-state index in [1.807, 2.05) is 66.2 Å². The van der Waals surface area contributed by atoms with E-state index < -0.39 is 0 Å². The van der Waals surface area contributed by atoms with Gasteiger partial charge in [-0.25, -0.2) is 4.98 Å². The van der Waals surface area contributed by atoms with Gasteiger partial charge in [0.2, 0.25) is 5.95 Å². The fourth-order valence-corrected chi connectivity index (χ4v) is 3.05. The number of imidazole rings is 1. The van der Waals surface area contributed by atoms with Gasteiger partial charge in [-0.2, -0.15) is 0 Å². The molecule has 3 N–H and O–H groups in total. The third-order valence-corrected chi connectivity index (χ3v) is 4.71. The fraction of sp³-hybridized carbons (Fsp3) is 0.100. The summed E-state index contributed by atoms with van der Waals surface area (Å²) in [6.45, 7) is 0.377. The summed E-state index contributed by atoms with van der Waals surface area (Å²) in [6.07, 6.45) is 1.69. The lowest BCUT2D eigenvalue weighted by atomic mass is 10.3. The first kappa shape index (κ1) is 17.5. The molecule has 136 valence electrons. The van der Waals surface area contributed by atoms with Crippen molar-refractivity contribution in [2.45, 2.75) is 6.54 Å². The first-order valence-electron chi connectivity index (χ1n) is 8.44. The van der Waals surface area contributed by atoms with Crippen LogP contribution in [0.3, 0.4) is 0 Å². The summed E-state index contributed by atoms with van der Waals surface area (Å²) >= 11 is 3.44. The maximum absolute atomic E-state index is 5.94. The van der Waals surface area contributed by atoms with E-state index in [0.717, 1.165) is 32.8 Å². The van der Waals surface area contributed by atoms with E-state index in [9.17, 15) is 0 Å². The van der Waals surface area contributed by atoms with Gasteiger partial charge in [0.15, 0.2) is 0 Å². The van der Waals surface area contributed by atoms with Gasteiger partial charge in [-0.15, -0.1) is 0 Å². The molecule has 4 rings (SSSR count). The largest absolute Gasteiger partial charge is 0.457 e. The molecule has 0 atom stereocenters. The Kier molecular flexibility index (Phi) is 4.79. The van der Waals surface area contributed by atoms with E-state index in [0.29, 0.717) is 18.0 Å². The standard InChI is InChI=1S/C20H18BrN5O/c1-26-19-7-6-16(27-17-8-9-23-15(10-17)12-22)11-18(19)25-20(26)24-14-4-2-13(21)3-5-14/h2-11H,12,22H2,1H3,(H,24,25). The van der Waals surface area contributed by atoms with Gasteiger partial charge < -0.3 is 20.4 Å². The second-order valence-electron chi connectivity index (χ2n) is 6.07. The van der Waals surface area contributed by atoms with Crippen LogP contribution >= 0.6 is 15.9 Å². The highest BCUT2D eigenvalue weighted by molar-refractivity contribution is 9.10. The Hall–Kier alpha value is -2.90. The first-order chi connectivity index (χ1) is 13.1. The van der Waals surface area contributed by atoms with Crippen molar-refractivity contribution in [2.75, 3.05) is 5.32 Å². The maximum atomic E-state index is 5.94. The molecular formula is C20H18BrN5O. The molecule has 0 unspecified atom stereocenters. The van der Waals surface area contributed by atoms with Crippen LogP contribution in [0.2, 0.25) is 0 Å². The van der Waals surface area contributed by atoms with Gasteiger partial charge >= 0.3 is 0 Å². The van der Waals surface area contributed by atoms with E-state index in [2.05, 4.69) is 26.2 Å². The fourth-order valence-electron chi connectivity index (χ4n) is 2.78. The van der Waals surface area contributed by atoms with Crippen molar-refractivity contribution < 1.29 is 4.74 Å². The lowest BCUT2D eigenvalue weighted by Crippen LogP contribution is -1.99. The van der Waals surface area contributed by atoms with Gasteiger partial charge in [-0.05, 0) is 42.5 Å². The molecule has 6 nitrogen and oxygen atoms in total. The molecular weight excluding hydrogens is 406 g/mol. The van der Waals surface area contributed by atoms with Gasteiger partial charge in [-0.1, -0.05) is 15.9 Å². The quantitative estimate of drug-likeness (QED) is 0.485. The molecule has 4 aromatic rings. The molecule has 0 spiro atoms. The number of fused-ring (bicyclic) bond motifs is 1. The molecule has 0 radical (unpaired) electrons. The van der Waals surface area contributed by atoms with Crippen molar-refractivity contribution in [1.29, 1.82) is 0 Å². The van der Waals surface area contributed by atoms with Crippen LogP contribution in [0.15, 0.2) is 65.3 Å². The highest BCUT2D eigenvalue weighted by Crippen LogP contribution is 2.28. The molecule has 2 heterocycles. The molecule has 0 saturated heterocycles. The molecule has 0 amide bonds. The zero-order valence-electron chi connectivity index (χ0n) is 14.7. The van der Waals surface area contributed by atoms with Crippen LogP contribution in [0.5, 0.6) is 11.5 Å². The van der Waals surface area contributed by atoms with Crippen LogP contribution in [0.25, 0.3) is 11.0 Å². The minimum absolute atomic E-state index is 0.377. The Labute approximate surface area is 165 Å². The predicted molar refractivity (Wildman–Crippen MR) is 110 cm³/mol. The van der Waals surface area contributed by atoms with E-state index in [4.69, 9.17) is 15.5 Å². The number of nitrogens with one attached hydrogen (secondary N) is 1. The van der Waals surface area contributed by atoms with E-state index >= 15 is 0 Å². The summed E-state index contributed by atoms with van der Waals surface area (Å²) < 4.78 is 8.99. The highest BCUT2D eigenvalue weighted by atomic mass is 79.9. The van der Waals surface area contributed by atoms with Crippen molar-refractivity contribution >= 4 is 38.6 Å². The Morgan fingerprint density at radius 2 is 1.85 bits per heavy atom. The number of nitrogens with two attached hydrogens (primary N) is 1. The molecule has 0 aliphatic carbocycles. The van der Waals surface area contributed by atoms with Crippen LogP contribution in [-0.2, 0) is 13.6 Å². The van der Waals surface area contributed by atoms with Crippen LogP contribution in [-0.4, -0.2) is 14.5 Å². The Morgan fingerprint density at radius 3 is 2.63 bits per heavy atom. The van der Waals surface area contributed by atoms with Gasteiger partial charge in [0, 0.05) is 42.1 Å². The Bertz CT molecular complexity index is 1090. The summed E-state index contributed by atoms with van der Waals surface area (Å²) in [6, 6.07) is 17.5. The first-order valence-corrected chi connectivity index (χ1v) is 9.23. The third kappa shape index (κ3) is 3.79. The second-order valence-corrected chi connectivity index (χ2v) is 6.98. The number of rotatable bonds is 5. The molecule has 0 saturated carbocycles. The highest BCUT2D eigenvalue weighted by Gasteiger charge is 2.10. The number of ether oxygens (including phenoxy) is 1. The summed E-state index contributed by atoms with van der Waals surface area (Å²) in [4.78, 5) is 8.87. The molecule has 27 heavy (non-hydrogen) atoms. The number of benzene rings is 2. The maximum Gasteiger partial charge on any atom is 0.208 e. The average molecular weight is 424 g/mol. The number of aromatic nitrogens is 3. The van der Waals surface area contributed by atoms with E-state index in [1.165, 1.54) is 0 Å². The SMILES string of the molecule is Cn1c(Nc2ccc(Br)cc2)nc2cc(Oc3ccnc(CN)c3)ccc21. The molecule has 0 aliphatic rings. The molecule has 0 bridgehead atoms. The van der Waals surface area contributed by atoms with Crippen LogP contribution in [0, 0.1) is 0 Å². The van der Waals surface area contributed by atoms with Crippen molar-refractivity contribution in [1.82, 2.24) is 14.5 Å². The number of aryl methyl sites for hydroxylation is 1. The molecule has 0 aliphatic heterocycles. The van der Waals surface area contributed by atoms with Gasteiger partial charge in [0.1, 0.15) is 11.5 Å². The van der Waals surface area contributed by atoms with Gasteiger partial charge in [0.25, 0.3) is 0 Å². The second kappa shape index (κ2) is 7.38. The Balaban J connectivity index is 1.61. The van der Waals surface area contributed by atoms with Crippen molar-refractivity contribution in [3.8, 4) is 11.5 Å². The monoisotopic (exact) mass is 423 g/mol. The van der Waals surface area contributed by atoms with Gasteiger partial charge in [-0.3, -0.25) is 4.98 Å². The number of nitrogens with zero attached hydrogens (tertiary/aromatic N) is 3. The van der Waals surface area contributed by atoms with Crippen LogP contribution < -0.4 is 15.8 Å². The Morgan fingerprint density at radius 1 is 1.07 bits per heavy atom. The number of anilines is 2. The summed E-state index contributed by atoms with van der Waals surface area (Å²) in [7, 11) is 1.98. The van der Waals surface area contributed by atoms with Crippen molar-refractivity contribution in [3.63, 3.8) is 0 Å². The molecule has 2 aromatic heterocycles. The van der Waals surface area contributed by atoms with Crippen LogP contribution in [0.4, 0.5) is 11.6 Å². The smallest absolute Gasteiger partial charge is 0.208 e. The molecule has 0 fully saturated rings. The summed E-state index contributed by atoms with van der Waals surface area (Å²) in [5, 5.41) is 3.34. The number of halogens is 1. The van der Waals surface area contributed by atoms with E-state index in [1.54, 1.807) is 6.20 Å². The lowest BCUT2D eigenvalue weighted by molar-refractivity contribution is 0.481. The number of hydrogen-bond acceptors (Lipinski definition) is 5. The van der Waals surface area contributed by atoms with Crippen molar-refractivity contribution in [2.24, 2.45) is 12.8 Å². The predicted octanol–water partition coefficient (Wildman–Crippen LogP) is 4.73. The topological polar surface area (TPSA) is 78.0 Å². The average Bonchev–Trinajstić information content (AvgIpc) is 2.99. The molecule has 2 aromatic carbocycles. The lowest BCUT2D eigenvalue weighted by Gasteiger charge is -2.07. The van der Waals surface area contributed by atoms with Crippen LogP contribution in [0.1, 0.15) is 5.69 Å². The van der Waals surface area contributed by atoms with Gasteiger partial charge in [0.05, 0.1) is 16.7 Å². The third-order valence-electron chi connectivity index (χ3n) is 4.19.